The van der Waals surface area contributed by atoms with Gasteiger partial charge in [0.15, 0.2) is 12.0 Å². The summed E-state index contributed by atoms with van der Waals surface area (Å²) in [5.74, 6) is -0.0607. The maximum atomic E-state index is 12.8. The quantitative estimate of drug-likeness (QED) is 0.628. The van der Waals surface area contributed by atoms with Crippen LogP contribution in [-0.4, -0.2) is 6.29 Å². The molecular weight excluding hydrogens is 171 g/mol. The van der Waals surface area contributed by atoms with Gasteiger partial charge in [0, 0.05) is 10.9 Å². The fraction of sp³-hybridized carbons (Fsp3) is 0.100. The van der Waals surface area contributed by atoms with Crippen molar-refractivity contribution in [3.63, 3.8) is 0 Å². The van der Waals surface area contributed by atoms with E-state index in [1.54, 1.807) is 6.92 Å². The van der Waals surface area contributed by atoms with E-state index in [4.69, 9.17) is 4.42 Å². The third kappa shape index (κ3) is 1.13. The van der Waals surface area contributed by atoms with E-state index >= 15 is 0 Å². The third-order valence-electron chi connectivity index (χ3n) is 2.04. The molecular formula is C10H7FO2. The first-order valence-corrected chi connectivity index (χ1v) is 3.86. The molecule has 0 radical (unpaired) electrons. The summed E-state index contributed by atoms with van der Waals surface area (Å²) >= 11 is 0. The standard InChI is InChI=1S/C10H7FO2/c1-6-8-4-7(11)2-3-9(8)13-10(6)5-12/h2-5H,1H3. The van der Waals surface area contributed by atoms with Gasteiger partial charge in [-0.2, -0.15) is 0 Å². The molecule has 2 aromatic rings. The third-order valence-corrected chi connectivity index (χ3v) is 2.04. The molecule has 2 nitrogen and oxygen atoms in total. The second-order valence-electron chi connectivity index (χ2n) is 2.85. The lowest BCUT2D eigenvalue weighted by molar-refractivity contribution is 0.110. The number of aldehydes is 1. The molecule has 0 aliphatic carbocycles. The second kappa shape index (κ2) is 2.69. The van der Waals surface area contributed by atoms with Gasteiger partial charge in [-0.05, 0) is 25.1 Å². The van der Waals surface area contributed by atoms with Crippen molar-refractivity contribution in [2.45, 2.75) is 6.92 Å². The summed E-state index contributed by atoms with van der Waals surface area (Å²) < 4.78 is 18.0. The fourth-order valence-corrected chi connectivity index (χ4v) is 1.32. The lowest BCUT2D eigenvalue weighted by Gasteiger charge is -1.88. The molecule has 3 heteroatoms. The van der Waals surface area contributed by atoms with Crippen LogP contribution in [0.25, 0.3) is 11.0 Å². The van der Waals surface area contributed by atoms with Gasteiger partial charge in [0.2, 0.25) is 0 Å². The van der Waals surface area contributed by atoms with Gasteiger partial charge in [-0.3, -0.25) is 4.79 Å². The van der Waals surface area contributed by atoms with Crippen LogP contribution < -0.4 is 0 Å². The zero-order chi connectivity index (χ0) is 9.42. The van der Waals surface area contributed by atoms with E-state index in [1.165, 1.54) is 18.2 Å². The predicted molar refractivity (Wildman–Crippen MR) is 46.3 cm³/mol. The van der Waals surface area contributed by atoms with Crippen molar-refractivity contribution in [2.75, 3.05) is 0 Å². The Morgan fingerprint density at radius 1 is 1.46 bits per heavy atom. The molecule has 1 aromatic carbocycles. The van der Waals surface area contributed by atoms with Crippen LogP contribution in [0.4, 0.5) is 4.39 Å². The van der Waals surface area contributed by atoms with Crippen LogP contribution in [0.2, 0.25) is 0 Å². The summed E-state index contributed by atoms with van der Waals surface area (Å²) in [6.45, 7) is 1.73. The highest BCUT2D eigenvalue weighted by molar-refractivity contribution is 5.89. The highest BCUT2D eigenvalue weighted by atomic mass is 19.1. The van der Waals surface area contributed by atoms with Crippen LogP contribution in [0.5, 0.6) is 0 Å². The van der Waals surface area contributed by atoms with E-state index in [9.17, 15) is 9.18 Å². The van der Waals surface area contributed by atoms with Gasteiger partial charge in [-0.15, -0.1) is 0 Å². The van der Waals surface area contributed by atoms with Gasteiger partial charge in [-0.25, -0.2) is 4.39 Å². The van der Waals surface area contributed by atoms with E-state index in [-0.39, 0.29) is 11.6 Å². The fourth-order valence-electron chi connectivity index (χ4n) is 1.32. The Bertz CT molecular complexity index is 471. The maximum absolute atomic E-state index is 12.8. The van der Waals surface area contributed by atoms with E-state index in [2.05, 4.69) is 0 Å². The van der Waals surface area contributed by atoms with Crippen molar-refractivity contribution in [3.8, 4) is 0 Å². The number of furan rings is 1. The molecule has 0 atom stereocenters. The first-order valence-electron chi connectivity index (χ1n) is 3.86. The average Bonchev–Trinajstić information content (AvgIpc) is 2.44. The van der Waals surface area contributed by atoms with Gasteiger partial charge in [-0.1, -0.05) is 0 Å². The van der Waals surface area contributed by atoms with Crippen molar-refractivity contribution in [3.05, 3.63) is 35.3 Å². The van der Waals surface area contributed by atoms with Gasteiger partial charge in [0.1, 0.15) is 11.4 Å². The number of benzene rings is 1. The Balaban J connectivity index is 2.84. The first-order chi connectivity index (χ1) is 6.22. The highest BCUT2D eigenvalue weighted by Crippen LogP contribution is 2.24. The van der Waals surface area contributed by atoms with Crippen molar-refractivity contribution in [2.24, 2.45) is 0 Å². The number of hydrogen-bond donors (Lipinski definition) is 0. The molecule has 0 saturated heterocycles. The molecule has 0 aliphatic rings. The molecule has 0 fully saturated rings. The van der Waals surface area contributed by atoms with Crippen molar-refractivity contribution >= 4 is 17.3 Å². The van der Waals surface area contributed by atoms with Gasteiger partial charge in [0.05, 0.1) is 0 Å². The summed E-state index contributed by atoms with van der Waals surface area (Å²) in [7, 11) is 0. The SMILES string of the molecule is Cc1c(C=O)oc2ccc(F)cc12. The minimum atomic E-state index is -0.325. The number of hydrogen-bond acceptors (Lipinski definition) is 2. The molecule has 1 heterocycles. The normalized spacial score (nSPS) is 10.6. The minimum Gasteiger partial charge on any atom is -0.453 e. The summed E-state index contributed by atoms with van der Waals surface area (Å²) in [5.41, 5.74) is 1.23. The van der Waals surface area contributed by atoms with Crippen LogP contribution in [0, 0.1) is 12.7 Å². The average molecular weight is 178 g/mol. The monoisotopic (exact) mass is 178 g/mol. The van der Waals surface area contributed by atoms with Crippen LogP contribution in [0.1, 0.15) is 16.1 Å². The van der Waals surface area contributed by atoms with E-state index in [0.29, 0.717) is 22.8 Å². The van der Waals surface area contributed by atoms with Crippen molar-refractivity contribution in [1.82, 2.24) is 0 Å². The van der Waals surface area contributed by atoms with Crippen molar-refractivity contribution < 1.29 is 13.6 Å². The Morgan fingerprint density at radius 3 is 2.92 bits per heavy atom. The Hall–Kier alpha value is -1.64. The van der Waals surface area contributed by atoms with Crippen LogP contribution in [-0.2, 0) is 0 Å². The summed E-state index contributed by atoms with van der Waals surface area (Å²) in [4.78, 5) is 10.5. The number of carbonyl (C=O) groups excluding carboxylic acids is 1. The number of rotatable bonds is 1. The topological polar surface area (TPSA) is 30.2 Å². The molecule has 13 heavy (non-hydrogen) atoms. The predicted octanol–water partition coefficient (Wildman–Crippen LogP) is 2.69. The first kappa shape index (κ1) is 7.98. The van der Waals surface area contributed by atoms with Crippen molar-refractivity contribution in [1.29, 1.82) is 0 Å². The zero-order valence-electron chi connectivity index (χ0n) is 7.00. The summed E-state index contributed by atoms with van der Waals surface area (Å²) in [5, 5.41) is 0.655. The molecule has 0 amide bonds. The van der Waals surface area contributed by atoms with Gasteiger partial charge in [0.25, 0.3) is 0 Å². The van der Waals surface area contributed by atoms with Gasteiger partial charge < -0.3 is 4.42 Å². The van der Waals surface area contributed by atoms with E-state index in [1.807, 2.05) is 0 Å². The van der Waals surface area contributed by atoms with Crippen LogP contribution in [0.15, 0.2) is 22.6 Å². The minimum absolute atomic E-state index is 0.264. The molecule has 0 aliphatic heterocycles. The van der Waals surface area contributed by atoms with E-state index < -0.39 is 0 Å². The Labute approximate surface area is 74.0 Å². The summed E-state index contributed by atoms with van der Waals surface area (Å²) in [6.07, 6.45) is 0.632. The summed E-state index contributed by atoms with van der Waals surface area (Å²) in [6, 6.07) is 4.19. The molecule has 0 bridgehead atoms. The molecule has 0 N–H and O–H groups in total. The number of halogens is 1. The van der Waals surface area contributed by atoms with Crippen LogP contribution >= 0.6 is 0 Å². The highest BCUT2D eigenvalue weighted by Gasteiger charge is 2.09. The lowest BCUT2D eigenvalue weighted by Crippen LogP contribution is -1.77. The Morgan fingerprint density at radius 2 is 2.23 bits per heavy atom. The number of fused-ring (bicyclic) bond motifs is 1. The maximum Gasteiger partial charge on any atom is 0.185 e. The molecule has 1 aromatic heterocycles. The molecule has 2 rings (SSSR count). The number of carbonyl (C=O) groups is 1. The van der Waals surface area contributed by atoms with Crippen LogP contribution in [0.3, 0.4) is 0 Å². The molecule has 66 valence electrons. The molecule has 0 saturated carbocycles. The lowest BCUT2D eigenvalue weighted by atomic mass is 10.1. The largest absolute Gasteiger partial charge is 0.453 e. The number of aryl methyl sites for hydroxylation is 1. The van der Waals surface area contributed by atoms with Gasteiger partial charge >= 0.3 is 0 Å². The zero-order valence-corrected chi connectivity index (χ0v) is 7.00. The molecule has 0 unspecified atom stereocenters. The van der Waals surface area contributed by atoms with E-state index in [0.717, 1.165) is 0 Å². The smallest absolute Gasteiger partial charge is 0.185 e. The Kier molecular flexibility index (Phi) is 1.65. The second-order valence-corrected chi connectivity index (χ2v) is 2.85. The molecule has 0 spiro atoms.